The van der Waals surface area contributed by atoms with Crippen LogP contribution in [0.3, 0.4) is 0 Å². The summed E-state index contributed by atoms with van der Waals surface area (Å²) in [4.78, 5) is 1.47. The first-order valence-corrected chi connectivity index (χ1v) is 8.58. The minimum atomic E-state index is 0.618. The zero-order valence-electron chi connectivity index (χ0n) is 9.96. The molecule has 0 aromatic carbocycles. The van der Waals surface area contributed by atoms with Crippen molar-refractivity contribution in [3.05, 3.63) is 20.8 Å². The molecule has 1 heterocycles. The Bertz CT molecular complexity index is 288. The van der Waals surface area contributed by atoms with E-state index in [4.69, 9.17) is 0 Å². The molecule has 0 amide bonds. The Labute approximate surface area is 116 Å². The van der Waals surface area contributed by atoms with Crippen LogP contribution in [0.25, 0.3) is 0 Å². The smallest absolute Gasteiger partial charge is 0.0701 e. The highest BCUT2D eigenvalue weighted by molar-refractivity contribution is 9.11. The summed E-state index contributed by atoms with van der Waals surface area (Å²) in [5.41, 5.74) is 0. The highest BCUT2D eigenvalue weighted by Crippen LogP contribution is 2.23. The average Bonchev–Trinajstić information content (AvgIpc) is 2.65. The Morgan fingerprint density at radius 1 is 1.44 bits per heavy atom. The standard InChI is InChI=1S/C12H20BrNS2/c1-3-7-15-9-10(14-4-2)8-11-5-6-12(13)16-11/h5-6,10,14H,3-4,7-9H2,1-2H3. The van der Waals surface area contributed by atoms with E-state index in [2.05, 4.69) is 59.0 Å². The largest absolute Gasteiger partial charge is 0.313 e. The Balaban J connectivity index is 2.37. The van der Waals surface area contributed by atoms with Crippen LogP contribution in [0.1, 0.15) is 25.1 Å². The molecule has 1 rings (SSSR count). The van der Waals surface area contributed by atoms with E-state index in [1.807, 2.05) is 11.3 Å². The van der Waals surface area contributed by atoms with Crippen molar-refractivity contribution >= 4 is 39.0 Å². The lowest BCUT2D eigenvalue weighted by Gasteiger charge is -2.16. The van der Waals surface area contributed by atoms with Crippen molar-refractivity contribution in [2.24, 2.45) is 0 Å². The van der Waals surface area contributed by atoms with E-state index in [1.54, 1.807) is 0 Å². The number of likely N-dealkylation sites (N-methyl/N-ethyl adjacent to an activating group) is 1. The molecule has 0 aliphatic carbocycles. The van der Waals surface area contributed by atoms with Crippen LogP contribution in [0, 0.1) is 0 Å². The van der Waals surface area contributed by atoms with Gasteiger partial charge in [0, 0.05) is 16.7 Å². The van der Waals surface area contributed by atoms with Crippen LogP contribution in [0.4, 0.5) is 0 Å². The lowest BCUT2D eigenvalue weighted by molar-refractivity contribution is 0.576. The third-order valence-electron chi connectivity index (χ3n) is 2.24. The van der Waals surface area contributed by atoms with E-state index in [0.29, 0.717) is 6.04 Å². The molecule has 1 atom stereocenters. The van der Waals surface area contributed by atoms with Gasteiger partial charge in [-0.25, -0.2) is 0 Å². The normalized spacial score (nSPS) is 12.9. The predicted octanol–water partition coefficient (Wildman–Crippen LogP) is 4.17. The Morgan fingerprint density at radius 3 is 2.81 bits per heavy atom. The Morgan fingerprint density at radius 2 is 2.25 bits per heavy atom. The van der Waals surface area contributed by atoms with Gasteiger partial charge in [0.25, 0.3) is 0 Å². The molecule has 16 heavy (non-hydrogen) atoms. The summed E-state index contributed by atoms with van der Waals surface area (Å²) in [5, 5.41) is 3.57. The van der Waals surface area contributed by atoms with E-state index in [1.165, 1.54) is 26.6 Å². The number of thiophene rings is 1. The maximum absolute atomic E-state index is 3.57. The fourth-order valence-corrected chi connectivity index (χ4v) is 4.09. The molecule has 0 fully saturated rings. The lowest BCUT2D eigenvalue weighted by atomic mass is 10.2. The van der Waals surface area contributed by atoms with Crippen LogP contribution in [0.15, 0.2) is 15.9 Å². The number of hydrogen-bond acceptors (Lipinski definition) is 3. The van der Waals surface area contributed by atoms with Crippen molar-refractivity contribution in [1.82, 2.24) is 5.32 Å². The molecule has 1 nitrogen and oxygen atoms in total. The SMILES string of the molecule is CCCSCC(Cc1ccc(Br)s1)NCC. The average molecular weight is 322 g/mol. The highest BCUT2D eigenvalue weighted by Gasteiger charge is 2.09. The molecule has 1 aromatic rings. The maximum atomic E-state index is 3.57. The molecule has 1 unspecified atom stereocenters. The lowest BCUT2D eigenvalue weighted by Crippen LogP contribution is -2.33. The van der Waals surface area contributed by atoms with Gasteiger partial charge in [-0.05, 0) is 53.2 Å². The summed E-state index contributed by atoms with van der Waals surface area (Å²) in [6, 6.07) is 4.98. The molecule has 0 saturated carbocycles. The monoisotopic (exact) mass is 321 g/mol. The number of rotatable bonds is 8. The quantitative estimate of drug-likeness (QED) is 0.721. The van der Waals surface area contributed by atoms with Crippen LogP contribution >= 0.6 is 39.0 Å². The summed E-state index contributed by atoms with van der Waals surface area (Å²) in [6.45, 7) is 5.48. The van der Waals surface area contributed by atoms with Crippen LogP contribution in [0.2, 0.25) is 0 Å². The molecule has 0 saturated heterocycles. The van der Waals surface area contributed by atoms with Crippen molar-refractivity contribution < 1.29 is 0 Å². The number of hydrogen-bond donors (Lipinski definition) is 1. The number of thioether (sulfide) groups is 1. The molecule has 0 bridgehead atoms. The third kappa shape index (κ3) is 5.71. The second-order valence-electron chi connectivity index (χ2n) is 3.74. The summed E-state index contributed by atoms with van der Waals surface area (Å²) in [7, 11) is 0. The number of halogens is 1. The second kappa shape index (κ2) is 8.56. The van der Waals surface area contributed by atoms with Crippen molar-refractivity contribution in [3.63, 3.8) is 0 Å². The maximum Gasteiger partial charge on any atom is 0.0701 e. The van der Waals surface area contributed by atoms with E-state index in [-0.39, 0.29) is 0 Å². The number of nitrogens with one attached hydrogen (secondary N) is 1. The molecule has 1 N–H and O–H groups in total. The fraction of sp³-hybridized carbons (Fsp3) is 0.667. The van der Waals surface area contributed by atoms with Gasteiger partial charge in [0.05, 0.1) is 3.79 Å². The summed E-state index contributed by atoms with van der Waals surface area (Å²) in [6.07, 6.45) is 2.43. The van der Waals surface area contributed by atoms with Crippen molar-refractivity contribution in [2.75, 3.05) is 18.1 Å². The first-order valence-electron chi connectivity index (χ1n) is 5.81. The first-order chi connectivity index (χ1) is 7.76. The van der Waals surface area contributed by atoms with E-state index >= 15 is 0 Å². The Hall–Kier alpha value is 0.490. The predicted molar refractivity (Wildman–Crippen MR) is 80.8 cm³/mol. The van der Waals surface area contributed by atoms with E-state index in [0.717, 1.165) is 13.0 Å². The summed E-state index contributed by atoms with van der Waals surface area (Å²) in [5.74, 6) is 2.49. The van der Waals surface area contributed by atoms with Crippen LogP contribution in [-0.4, -0.2) is 24.1 Å². The molecule has 0 spiro atoms. The van der Waals surface area contributed by atoms with Gasteiger partial charge in [-0.2, -0.15) is 11.8 Å². The Kier molecular flexibility index (Phi) is 7.79. The molecular formula is C12H20BrNS2. The second-order valence-corrected chi connectivity index (χ2v) is 7.44. The van der Waals surface area contributed by atoms with Crippen molar-refractivity contribution in [2.45, 2.75) is 32.7 Å². The zero-order chi connectivity index (χ0) is 11.8. The minimum Gasteiger partial charge on any atom is -0.313 e. The van der Waals surface area contributed by atoms with Gasteiger partial charge in [-0.15, -0.1) is 11.3 Å². The van der Waals surface area contributed by atoms with Gasteiger partial charge >= 0.3 is 0 Å². The molecule has 4 heteroatoms. The van der Waals surface area contributed by atoms with Gasteiger partial charge in [-0.1, -0.05) is 13.8 Å². The van der Waals surface area contributed by atoms with Crippen LogP contribution < -0.4 is 5.32 Å². The molecule has 1 aromatic heterocycles. The summed E-state index contributed by atoms with van der Waals surface area (Å²) >= 11 is 7.42. The van der Waals surface area contributed by atoms with Gasteiger partial charge in [0.15, 0.2) is 0 Å². The molecule has 92 valence electrons. The minimum absolute atomic E-state index is 0.618. The fourth-order valence-electron chi connectivity index (χ4n) is 1.55. The summed E-state index contributed by atoms with van der Waals surface area (Å²) < 4.78 is 1.24. The molecule has 0 aliphatic rings. The zero-order valence-corrected chi connectivity index (χ0v) is 13.2. The van der Waals surface area contributed by atoms with Gasteiger partial charge in [0.1, 0.15) is 0 Å². The third-order valence-corrected chi connectivity index (χ3v) is 5.22. The first kappa shape index (κ1) is 14.6. The highest BCUT2D eigenvalue weighted by atomic mass is 79.9. The van der Waals surface area contributed by atoms with E-state index in [9.17, 15) is 0 Å². The van der Waals surface area contributed by atoms with Crippen LogP contribution in [0.5, 0.6) is 0 Å². The van der Waals surface area contributed by atoms with Crippen molar-refractivity contribution in [3.8, 4) is 0 Å². The molecule has 0 radical (unpaired) electrons. The topological polar surface area (TPSA) is 12.0 Å². The van der Waals surface area contributed by atoms with Gasteiger partial charge in [-0.3, -0.25) is 0 Å². The molecular weight excluding hydrogens is 302 g/mol. The van der Waals surface area contributed by atoms with E-state index < -0.39 is 0 Å². The van der Waals surface area contributed by atoms with Gasteiger partial charge in [0.2, 0.25) is 0 Å². The van der Waals surface area contributed by atoms with Crippen molar-refractivity contribution in [1.29, 1.82) is 0 Å². The van der Waals surface area contributed by atoms with Crippen LogP contribution in [-0.2, 0) is 6.42 Å². The molecule has 0 aliphatic heterocycles. The van der Waals surface area contributed by atoms with Gasteiger partial charge < -0.3 is 5.32 Å².